The predicted octanol–water partition coefficient (Wildman–Crippen LogP) is 4.97. The average molecular weight is 437 g/mol. The van der Waals surface area contributed by atoms with Crippen molar-refractivity contribution < 1.29 is 27.5 Å². The third kappa shape index (κ3) is 5.55. The number of benzene rings is 3. The lowest BCUT2D eigenvalue weighted by atomic mass is 10.1. The van der Waals surface area contributed by atoms with Crippen molar-refractivity contribution in [2.75, 3.05) is 12.0 Å². The molecule has 0 bridgehead atoms. The molecule has 0 fully saturated rings. The maximum atomic E-state index is 13.3. The third-order valence-electron chi connectivity index (χ3n) is 4.51. The Bertz CT molecular complexity index is 1160. The highest BCUT2D eigenvalue weighted by Crippen LogP contribution is 2.28. The molecule has 3 rings (SSSR count). The summed E-state index contributed by atoms with van der Waals surface area (Å²) < 4.78 is 44.7. The number of hydrogen-bond acceptors (Lipinski definition) is 3. The zero-order valence-corrected chi connectivity index (χ0v) is 17.0. The number of methoxy groups -OCH3 is 1. The molecule has 0 saturated carbocycles. The molecule has 0 N–H and O–H groups in total. The molecule has 0 aliphatic rings. The van der Waals surface area contributed by atoms with Crippen LogP contribution < -0.4 is 4.90 Å². The number of hydrogen-bond donors (Lipinski definition) is 0. The fraction of sp³-hybridized carbons (Fsp3) is 0.120. The largest absolute Gasteiger partial charge is 0.471 e. The topological polar surface area (TPSA) is 46.6 Å². The van der Waals surface area contributed by atoms with Crippen LogP contribution in [0.15, 0.2) is 78.9 Å². The van der Waals surface area contributed by atoms with Gasteiger partial charge >= 0.3 is 18.1 Å². The number of amides is 1. The second-order valence-corrected chi connectivity index (χ2v) is 6.71. The zero-order chi connectivity index (χ0) is 23.1. The normalized spacial score (nSPS) is 10.6. The van der Waals surface area contributed by atoms with Crippen LogP contribution >= 0.6 is 0 Å². The minimum atomic E-state index is -5.04. The lowest BCUT2D eigenvalue weighted by molar-refractivity contribution is -0.170. The number of carbonyl (C=O) groups is 2. The Kier molecular flexibility index (Phi) is 6.96. The first-order valence-corrected chi connectivity index (χ1v) is 9.51. The number of anilines is 1. The molecule has 7 heteroatoms. The van der Waals surface area contributed by atoms with Gasteiger partial charge in [-0.25, -0.2) is 4.79 Å². The molecule has 162 valence electrons. The van der Waals surface area contributed by atoms with E-state index in [2.05, 4.69) is 16.6 Å². The van der Waals surface area contributed by atoms with Gasteiger partial charge in [-0.3, -0.25) is 9.69 Å². The van der Waals surface area contributed by atoms with E-state index in [4.69, 9.17) is 0 Å². The van der Waals surface area contributed by atoms with Gasteiger partial charge < -0.3 is 4.74 Å². The highest BCUT2D eigenvalue weighted by Gasteiger charge is 2.43. The van der Waals surface area contributed by atoms with Gasteiger partial charge in [-0.15, -0.1) is 0 Å². The van der Waals surface area contributed by atoms with E-state index in [1.54, 1.807) is 60.7 Å². The van der Waals surface area contributed by atoms with Crippen molar-refractivity contribution in [1.29, 1.82) is 0 Å². The fourth-order valence-electron chi connectivity index (χ4n) is 2.95. The molecule has 0 saturated heterocycles. The predicted molar refractivity (Wildman–Crippen MR) is 114 cm³/mol. The van der Waals surface area contributed by atoms with Crippen LogP contribution in [0.3, 0.4) is 0 Å². The van der Waals surface area contributed by atoms with Crippen LogP contribution in [0.5, 0.6) is 0 Å². The standard InChI is InChI=1S/C25H18F3NO3/c1-32-23(30)21-15-12-18(13-16-21)11-14-20-9-5-6-10-22(20)29(24(31)25(26,27)28)17-19-7-3-2-4-8-19/h2-10,12-13,15-16H,17H2,1H3. The summed E-state index contributed by atoms with van der Waals surface area (Å²) in [5.74, 6) is 3.24. The third-order valence-corrected chi connectivity index (χ3v) is 4.51. The van der Waals surface area contributed by atoms with Gasteiger partial charge in [0, 0.05) is 11.1 Å². The molecule has 1 amide bonds. The Morgan fingerprint density at radius 1 is 0.875 bits per heavy atom. The number of esters is 1. The Morgan fingerprint density at radius 3 is 2.12 bits per heavy atom. The number of halogens is 3. The number of carbonyl (C=O) groups excluding carboxylic acids is 2. The maximum Gasteiger partial charge on any atom is 0.471 e. The van der Waals surface area contributed by atoms with Crippen LogP contribution in [0.4, 0.5) is 18.9 Å². The van der Waals surface area contributed by atoms with Gasteiger partial charge in [-0.05, 0) is 42.0 Å². The number of para-hydroxylation sites is 1. The molecule has 3 aromatic carbocycles. The second kappa shape index (κ2) is 9.84. The van der Waals surface area contributed by atoms with E-state index >= 15 is 0 Å². The monoisotopic (exact) mass is 437 g/mol. The number of ether oxygens (including phenoxy) is 1. The molecule has 0 spiro atoms. The quantitative estimate of drug-likeness (QED) is 0.428. The highest BCUT2D eigenvalue weighted by molar-refractivity contribution is 5.98. The van der Waals surface area contributed by atoms with Crippen LogP contribution in [0.2, 0.25) is 0 Å². The van der Waals surface area contributed by atoms with E-state index in [0.29, 0.717) is 21.6 Å². The first kappa shape index (κ1) is 22.6. The lowest BCUT2D eigenvalue weighted by Gasteiger charge is -2.25. The Morgan fingerprint density at radius 2 is 1.50 bits per heavy atom. The molecule has 0 atom stereocenters. The van der Waals surface area contributed by atoms with Gasteiger partial charge in [0.05, 0.1) is 24.9 Å². The van der Waals surface area contributed by atoms with Crippen LogP contribution in [-0.2, 0) is 16.1 Å². The molecule has 0 aliphatic heterocycles. The minimum Gasteiger partial charge on any atom is -0.465 e. The van der Waals surface area contributed by atoms with Crippen LogP contribution in [0.25, 0.3) is 0 Å². The molecular weight excluding hydrogens is 419 g/mol. The molecule has 0 unspecified atom stereocenters. The maximum absolute atomic E-state index is 13.3. The number of rotatable bonds is 4. The summed E-state index contributed by atoms with van der Waals surface area (Å²) in [5, 5.41) is 0. The van der Waals surface area contributed by atoms with Crippen molar-refractivity contribution in [2.24, 2.45) is 0 Å². The lowest BCUT2D eigenvalue weighted by Crippen LogP contribution is -2.41. The molecule has 0 aliphatic carbocycles. The van der Waals surface area contributed by atoms with Crippen molar-refractivity contribution in [1.82, 2.24) is 0 Å². The zero-order valence-electron chi connectivity index (χ0n) is 17.0. The van der Waals surface area contributed by atoms with Crippen LogP contribution in [0.1, 0.15) is 27.0 Å². The van der Waals surface area contributed by atoms with Crippen LogP contribution in [-0.4, -0.2) is 25.2 Å². The van der Waals surface area contributed by atoms with Gasteiger partial charge in [0.15, 0.2) is 0 Å². The summed E-state index contributed by atoms with van der Waals surface area (Å²) >= 11 is 0. The fourth-order valence-corrected chi connectivity index (χ4v) is 2.95. The summed E-state index contributed by atoms with van der Waals surface area (Å²) in [7, 11) is 1.27. The van der Waals surface area contributed by atoms with Crippen molar-refractivity contribution >= 4 is 17.6 Å². The molecule has 3 aromatic rings. The Hall–Kier alpha value is -4.05. The Labute approximate surface area is 183 Å². The summed E-state index contributed by atoms with van der Waals surface area (Å²) in [6.45, 7) is -0.258. The van der Waals surface area contributed by atoms with E-state index in [-0.39, 0.29) is 17.8 Å². The molecule has 0 heterocycles. The van der Waals surface area contributed by atoms with E-state index in [9.17, 15) is 22.8 Å². The molecule has 0 radical (unpaired) electrons. The summed E-state index contributed by atoms with van der Waals surface area (Å²) in [5.41, 5.74) is 1.76. The van der Waals surface area contributed by atoms with E-state index in [0.717, 1.165) is 0 Å². The minimum absolute atomic E-state index is 0.0531. The average Bonchev–Trinajstić information content (AvgIpc) is 2.81. The van der Waals surface area contributed by atoms with Gasteiger partial charge in [0.25, 0.3) is 0 Å². The van der Waals surface area contributed by atoms with Crippen molar-refractivity contribution in [3.63, 3.8) is 0 Å². The van der Waals surface area contributed by atoms with Crippen molar-refractivity contribution in [2.45, 2.75) is 12.7 Å². The van der Waals surface area contributed by atoms with Crippen molar-refractivity contribution in [3.05, 3.63) is 101 Å². The van der Waals surface area contributed by atoms with Gasteiger partial charge in [0.2, 0.25) is 0 Å². The Balaban J connectivity index is 1.98. The SMILES string of the molecule is COC(=O)c1ccc(C#Cc2ccccc2N(Cc2ccccc2)C(=O)C(F)(F)F)cc1. The van der Waals surface area contributed by atoms with Crippen molar-refractivity contribution in [3.8, 4) is 11.8 Å². The first-order chi connectivity index (χ1) is 15.3. The van der Waals surface area contributed by atoms with E-state index in [1.165, 1.54) is 25.3 Å². The molecule has 32 heavy (non-hydrogen) atoms. The van der Waals surface area contributed by atoms with Gasteiger partial charge in [-0.2, -0.15) is 13.2 Å². The second-order valence-electron chi connectivity index (χ2n) is 6.71. The summed E-state index contributed by atoms with van der Waals surface area (Å²) in [4.78, 5) is 24.4. The smallest absolute Gasteiger partial charge is 0.465 e. The van der Waals surface area contributed by atoms with Crippen LogP contribution in [0, 0.1) is 11.8 Å². The highest BCUT2D eigenvalue weighted by atomic mass is 19.4. The molecule has 0 aromatic heterocycles. The van der Waals surface area contributed by atoms with E-state index < -0.39 is 18.1 Å². The number of nitrogens with zero attached hydrogens (tertiary/aromatic N) is 1. The summed E-state index contributed by atoms with van der Waals surface area (Å²) in [6, 6.07) is 20.8. The molecular formula is C25H18F3NO3. The van der Waals surface area contributed by atoms with E-state index in [1.807, 2.05) is 0 Å². The van der Waals surface area contributed by atoms with Gasteiger partial charge in [0.1, 0.15) is 0 Å². The number of alkyl halides is 3. The first-order valence-electron chi connectivity index (χ1n) is 9.51. The van der Waals surface area contributed by atoms with Gasteiger partial charge in [-0.1, -0.05) is 54.3 Å². The molecule has 4 nitrogen and oxygen atoms in total. The summed E-state index contributed by atoms with van der Waals surface area (Å²) in [6.07, 6.45) is -5.04.